The van der Waals surface area contributed by atoms with Gasteiger partial charge in [-0.15, -0.1) is 11.3 Å². The van der Waals surface area contributed by atoms with Gasteiger partial charge in [-0.05, 0) is 27.7 Å². The van der Waals surface area contributed by atoms with Gasteiger partial charge in [0.25, 0.3) is 5.91 Å². The minimum atomic E-state index is -0.710. The Morgan fingerprint density at radius 1 is 1.35 bits per heavy atom. The van der Waals surface area contributed by atoms with E-state index in [1.54, 1.807) is 33.2 Å². The van der Waals surface area contributed by atoms with Gasteiger partial charge in [-0.25, -0.2) is 15.2 Å². The van der Waals surface area contributed by atoms with Gasteiger partial charge in [-0.1, -0.05) is 0 Å². The molecule has 0 spiro atoms. The summed E-state index contributed by atoms with van der Waals surface area (Å²) in [6, 6.07) is 0. The zero-order valence-corrected chi connectivity index (χ0v) is 11.0. The van der Waals surface area contributed by atoms with Crippen LogP contribution in [-0.4, -0.2) is 22.6 Å². The molecule has 0 aliphatic carbocycles. The van der Waals surface area contributed by atoms with Crippen molar-refractivity contribution in [3.63, 3.8) is 0 Å². The van der Waals surface area contributed by atoms with Crippen molar-refractivity contribution in [3.05, 3.63) is 16.1 Å². The van der Waals surface area contributed by atoms with E-state index >= 15 is 0 Å². The number of hydrogen-bond donors (Lipinski definition) is 2. The average Bonchev–Trinajstić information content (AvgIpc) is 2.58. The number of hydrazine groups is 1. The maximum atomic E-state index is 11.6. The molecule has 94 valence electrons. The van der Waals surface area contributed by atoms with E-state index in [4.69, 9.17) is 4.74 Å². The van der Waals surface area contributed by atoms with Gasteiger partial charge in [-0.2, -0.15) is 0 Å². The van der Waals surface area contributed by atoms with Crippen LogP contribution >= 0.6 is 11.3 Å². The lowest BCUT2D eigenvalue weighted by Crippen LogP contribution is -2.44. The summed E-state index contributed by atoms with van der Waals surface area (Å²) in [7, 11) is 0. The van der Waals surface area contributed by atoms with E-state index in [1.807, 2.05) is 0 Å². The smallest absolute Gasteiger partial charge is 0.426 e. The maximum Gasteiger partial charge on any atom is 0.426 e. The lowest BCUT2D eigenvalue weighted by Gasteiger charge is -2.19. The van der Waals surface area contributed by atoms with Crippen LogP contribution in [0, 0.1) is 6.92 Å². The summed E-state index contributed by atoms with van der Waals surface area (Å²) >= 11 is 1.36. The normalized spacial score (nSPS) is 10.8. The highest BCUT2D eigenvalue weighted by atomic mass is 32.1. The van der Waals surface area contributed by atoms with Crippen LogP contribution in [0.3, 0.4) is 0 Å². The minimum absolute atomic E-state index is 0.297. The first-order chi connectivity index (χ1) is 7.79. The van der Waals surface area contributed by atoms with Crippen molar-refractivity contribution in [2.24, 2.45) is 0 Å². The van der Waals surface area contributed by atoms with E-state index < -0.39 is 17.6 Å². The molecule has 0 bridgehead atoms. The number of carbonyl (C=O) groups excluding carboxylic acids is 2. The van der Waals surface area contributed by atoms with Gasteiger partial charge < -0.3 is 4.74 Å². The average molecular weight is 257 g/mol. The van der Waals surface area contributed by atoms with Crippen LogP contribution in [0.2, 0.25) is 0 Å². The molecule has 0 aromatic carbocycles. The molecule has 1 rings (SSSR count). The standard InChI is InChI=1S/C10H15N3O3S/c1-6-7(11-5-17-6)8(14)12-13-9(15)16-10(2,3)4/h5H,1-4H3,(H,12,14)(H,13,15). The summed E-state index contributed by atoms with van der Waals surface area (Å²) in [6.07, 6.45) is -0.710. The molecule has 0 fully saturated rings. The number of hydrogen-bond acceptors (Lipinski definition) is 5. The Hall–Kier alpha value is -1.63. The monoisotopic (exact) mass is 257 g/mol. The molecule has 7 heteroatoms. The summed E-state index contributed by atoms with van der Waals surface area (Å²) in [5.41, 5.74) is 5.65. The Labute approximate surface area is 103 Å². The summed E-state index contributed by atoms with van der Waals surface area (Å²) in [4.78, 5) is 27.5. The number of carbonyl (C=O) groups is 2. The van der Waals surface area contributed by atoms with Crippen LogP contribution in [0.5, 0.6) is 0 Å². The molecule has 1 aromatic heterocycles. The Bertz CT molecular complexity index is 423. The summed E-state index contributed by atoms with van der Waals surface area (Å²) in [6.45, 7) is 6.98. The molecule has 0 saturated heterocycles. The fraction of sp³-hybridized carbons (Fsp3) is 0.500. The number of rotatable bonds is 1. The van der Waals surface area contributed by atoms with E-state index in [-0.39, 0.29) is 0 Å². The van der Waals surface area contributed by atoms with Gasteiger partial charge in [0.2, 0.25) is 0 Å². The molecule has 0 aliphatic rings. The van der Waals surface area contributed by atoms with Crippen molar-refractivity contribution < 1.29 is 14.3 Å². The van der Waals surface area contributed by atoms with Crippen LogP contribution in [0.4, 0.5) is 4.79 Å². The van der Waals surface area contributed by atoms with Gasteiger partial charge in [0, 0.05) is 4.88 Å². The van der Waals surface area contributed by atoms with Gasteiger partial charge in [0.05, 0.1) is 5.51 Å². The van der Waals surface area contributed by atoms with Gasteiger partial charge in [0.1, 0.15) is 11.3 Å². The zero-order chi connectivity index (χ0) is 13.1. The third kappa shape index (κ3) is 4.39. The Morgan fingerprint density at radius 2 is 2.00 bits per heavy atom. The molecule has 1 heterocycles. The third-order valence-electron chi connectivity index (χ3n) is 1.64. The van der Waals surface area contributed by atoms with Crippen LogP contribution in [0.1, 0.15) is 36.1 Å². The van der Waals surface area contributed by atoms with Crippen molar-refractivity contribution in [2.75, 3.05) is 0 Å². The van der Waals surface area contributed by atoms with Crippen LogP contribution in [0.25, 0.3) is 0 Å². The molecule has 0 aliphatic heterocycles. The number of nitrogens with zero attached hydrogens (tertiary/aromatic N) is 1. The summed E-state index contributed by atoms with van der Waals surface area (Å²) < 4.78 is 4.95. The molecule has 0 atom stereocenters. The van der Waals surface area contributed by atoms with Gasteiger partial charge in [0.15, 0.2) is 0 Å². The van der Waals surface area contributed by atoms with Crippen molar-refractivity contribution >= 4 is 23.3 Å². The first-order valence-electron chi connectivity index (χ1n) is 4.99. The topological polar surface area (TPSA) is 80.3 Å². The zero-order valence-electron chi connectivity index (χ0n) is 10.2. The first kappa shape index (κ1) is 13.4. The van der Waals surface area contributed by atoms with E-state index in [9.17, 15) is 9.59 Å². The SMILES string of the molecule is Cc1scnc1C(=O)NNC(=O)OC(C)(C)C. The largest absolute Gasteiger partial charge is 0.443 e. The summed E-state index contributed by atoms with van der Waals surface area (Å²) in [5, 5.41) is 0. The Morgan fingerprint density at radius 3 is 2.47 bits per heavy atom. The second-order valence-electron chi connectivity index (χ2n) is 4.34. The van der Waals surface area contributed by atoms with E-state index in [0.29, 0.717) is 5.69 Å². The molecule has 0 saturated carbocycles. The van der Waals surface area contributed by atoms with Crippen LogP contribution in [0.15, 0.2) is 5.51 Å². The Balaban J connectivity index is 2.45. The van der Waals surface area contributed by atoms with Crippen molar-refractivity contribution in [3.8, 4) is 0 Å². The number of thiazole rings is 1. The highest BCUT2D eigenvalue weighted by Gasteiger charge is 2.17. The van der Waals surface area contributed by atoms with Crippen LogP contribution in [-0.2, 0) is 4.74 Å². The quantitative estimate of drug-likeness (QED) is 0.749. The summed E-state index contributed by atoms with van der Waals surface area (Å²) in [5.74, 6) is -0.463. The second kappa shape index (κ2) is 5.13. The van der Waals surface area contributed by atoms with E-state index in [1.165, 1.54) is 11.3 Å². The van der Waals surface area contributed by atoms with Gasteiger partial charge >= 0.3 is 6.09 Å². The van der Waals surface area contributed by atoms with Crippen molar-refractivity contribution in [2.45, 2.75) is 33.3 Å². The minimum Gasteiger partial charge on any atom is -0.443 e. The maximum absolute atomic E-state index is 11.6. The molecule has 0 unspecified atom stereocenters. The molecule has 1 aromatic rings. The predicted octanol–water partition coefficient (Wildman–Crippen LogP) is 1.62. The molecule has 6 nitrogen and oxygen atoms in total. The molecular weight excluding hydrogens is 242 g/mol. The Kier molecular flexibility index (Phi) is 4.06. The molecule has 2 amide bonds. The lowest BCUT2D eigenvalue weighted by molar-refractivity contribution is 0.0483. The molecular formula is C10H15N3O3S. The number of amides is 2. The fourth-order valence-electron chi connectivity index (χ4n) is 0.994. The highest BCUT2D eigenvalue weighted by Crippen LogP contribution is 2.10. The number of aryl methyl sites for hydroxylation is 1. The molecule has 2 N–H and O–H groups in total. The molecule has 0 radical (unpaired) electrons. The third-order valence-corrected chi connectivity index (χ3v) is 2.39. The lowest BCUT2D eigenvalue weighted by atomic mass is 10.2. The number of ether oxygens (including phenoxy) is 1. The van der Waals surface area contributed by atoms with Crippen molar-refractivity contribution in [1.82, 2.24) is 15.8 Å². The fourth-order valence-corrected chi connectivity index (χ4v) is 1.57. The predicted molar refractivity (Wildman–Crippen MR) is 63.7 cm³/mol. The second-order valence-corrected chi connectivity index (χ2v) is 5.40. The molecule has 17 heavy (non-hydrogen) atoms. The van der Waals surface area contributed by atoms with E-state index in [0.717, 1.165) is 4.88 Å². The number of aromatic nitrogens is 1. The highest BCUT2D eigenvalue weighted by molar-refractivity contribution is 7.09. The van der Waals surface area contributed by atoms with Crippen molar-refractivity contribution in [1.29, 1.82) is 0 Å². The van der Waals surface area contributed by atoms with E-state index in [2.05, 4.69) is 15.8 Å². The number of nitrogens with one attached hydrogen (secondary N) is 2. The van der Waals surface area contributed by atoms with Gasteiger partial charge in [-0.3, -0.25) is 10.2 Å². The van der Waals surface area contributed by atoms with Crippen LogP contribution < -0.4 is 10.9 Å². The first-order valence-corrected chi connectivity index (χ1v) is 5.87.